The summed E-state index contributed by atoms with van der Waals surface area (Å²) in [5.74, 6) is 1.40. The second-order valence-corrected chi connectivity index (χ2v) is 9.21. The summed E-state index contributed by atoms with van der Waals surface area (Å²) in [5, 5.41) is 8.67. The first-order valence-corrected chi connectivity index (χ1v) is 12.4. The molecule has 2 heterocycles. The average molecular weight is 445 g/mol. The molecule has 2 saturated heterocycles. The summed E-state index contributed by atoms with van der Waals surface area (Å²) in [6.07, 6.45) is 13.3. The number of carboxylic acids is 1. The van der Waals surface area contributed by atoms with E-state index in [1.807, 2.05) is 12.1 Å². The lowest BCUT2D eigenvalue weighted by molar-refractivity contribution is -0.137. The predicted molar refractivity (Wildman–Crippen MR) is 126 cm³/mol. The number of ether oxygens (including phenoxy) is 3. The lowest BCUT2D eigenvalue weighted by Crippen LogP contribution is -2.30. The van der Waals surface area contributed by atoms with E-state index in [4.69, 9.17) is 19.3 Å². The third kappa shape index (κ3) is 7.93. The molecule has 2 aliphatic rings. The minimum atomic E-state index is -0.701. The van der Waals surface area contributed by atoms with Gasteiger partial charge < -0.3 is 19.3 Å². The zero-order chi connectivity index (χ0) is 22.6. The van der Waals surface area contributed by atoms with Crippen LogP contribution in [0, 0.1) is 11.8 Å². The largest absolute Gasteiger partial charge is 0.494 e. The summed E-state index contributed by atoms with van der Waals surface area (Å²) >= 11 is 0. The first kappa shape index (κ1) is 24.8. The Morgan fingerprint density at radius 2 is 1.84 bits per heavy atom. The van der Waals surface area contributed by atoms with Crippen LogP contribution in [0.3, 0.4) is 0 Å². The highest BCUT2D eigenvalue weighted by Crippen LogP contribution is 2.46. The van der Waals surface area contributed by atoms with Crippen LogP contribution in [-0.4, -0.2) is 43.1 Å². The summed E-state index contributed by atoms with van der Waals surface area (Å²) in [6.45, 7) is 6.03. The van der Waals surface area contributed by atoms with Crippen molar-refractivity contribution < 1.29 is 24.1 Å². The molecular weight excluding hydrogens is 404 g/mol. The molecule has 4 atom stereocenters. The van der Waals surface area contributed by atoms with Crippen LogP contribution in [0.25, 0.3) is 0 Å². The van der Waals surface area contributed by atoms with Crippen molar-refractivity contribution in [1.82, 2.24) is 0 Å². The monoisotopic (exact) mass is 444 g/mol. The van der Waals surface area contributed by atoms with Gasteiger partial charge in [-0.25, -0.2) is 0 Å². The Bertz CT molecular complexity index is 703. The number of carbonyl (C=O) groups is 1. The van der Waals surface area contributed by atoms with Gasteiger partial charge in [0.05, 0.1) is 18.8 Å². The number of hydrogen-bond donors (Lipinski definition) is 1. The lowest BCUT2D eigenvalue weighted by Gasteiger charge is -2.28. The molecule has 1 N–H and O–H groups in total. The van der Waals surface area contributed by atoms with Gasteiger partial charge >= 0.3 is 5.97 Å². The zero-order valence-electron chi connectivity index (χ0n) is 19.4. The molecule has 0 amide bonds. The summed E-state index contributed by atoms with van der Waals surface area (Å²) in [4.78, 5) is 10.5. The van der Waals surface area contributed by atoms with Gasteiger partial charge in [-0.3, -0.25) is 4.79 Å². The molecule has 0 spiro atoms. The normalized spacial score (nSPS) is 24.0. The molecule has 3 rings (SSSR count). The number of fused-ring (bicyclic) bond motifs is 2. The smallest absolute Gasteiger partial charge is 0.303 e. The Morgan fingerprint density at radius 1 is 1.06 bits per heavy atom. The van der Waals surface area contributed by atoms with Crippen LogP contribution >= 0.6 is 0 Å². The van der Waals surface area contributed by atoms with Gasteiger partial charge in [0.2, 0.25) is 0 Å². The van der Waals surface area contributed by atoms with E-state index in [0.717, 1.165) is 70.3 Å². The van der Waals surface area contributed by atoms with Crippen LogP contribution in [0.1, 0.15) is 69.8 Å². The number of hydrogen-bond acceptors (Lipinski definition) is 4. The van der Waals surface area contributed by atoms with Crippen molar-refractivity contribution in [2.75, 3.05) is 19.8 Å². The van der Waals surface area contributed by atoms with Gasteiger partial charge in [0.25, 0.3) is 0 Å². The molecular formula is C27H40O5. The van der Waals surface area contributed by atoms with Gasteiger partial charge in [0.1, 0.15) is 5.75 Å². The van der Waals surface area contributed by atoms with E-state index in [-0.39, 0.29) is 6.42 Å². The fourth-order valence-corrected chi connectivity index (χ4v) is 5.17. The third-order valence-electron chi connectivity index (χ3n) is 6.83. The van der Waals surface area contributed by atoms with Gasteiger partial charge in [-0.05, 0) is 74.5 Å². The van der Waals surface area contributed by atoms with Crippen LogP contribution in [0.5, 0.6) is 5.75 Å². The van der Waals surface area contributed by atoms with Crippen molar-refractivity contribution in [3.63, 3.8) is 0 Å². The van der Waals surface area contributed by atoms with E-state index in [9.17, 15) is 4.79 Å². The molecule has 2 aliphatic heterocycles. The molecule has 0 saturated carbocycles. The fraction of sp³-hybridized carbons (Fsp3) is 0.667. The number of aliphatic carboxylic acids is 1. The average Bonchev–Trinajstić information content (AvgIpc) is 3.38. The molecule has 1 aromatic rings. The van der Waals surface area contributed by atoms with Gasteiger partial charge in [-0.15, -0.1) is 6.58 Å². The van der Waals surface area contributed by atoms with Gasteiger partial charge in [0, 0.05) is 19.6 Å². The SMILES string of the molecule is C=CCCOCC[C@H]1[C@@H](Cc2cccc(OCCCCCCCC(=O)O)c2)[C@H]2CC[C@@H]1O2. The van der Waals surface area contributed by atoms with E-state index in [1.54, 1.807) is 0 Å². The Balaban J connectivity index is 1.39. The Kier molecular flexibility index (Phi) is 10.6. The summed E-state index contributed by atoms with van der Waals surface area (Å²) in [7, 11) is 0. The zero-order valence-corrected chi connectivity index (χ0v) is 19.4. The lowest BCUT2D eigenvalue weighted by atomic mass is 9.75. The quantitative estimate of drug-likeness (QED) is 0.243. The maximum absolute atomic E-state index is 10.5. The van der Waals surface area contributed by atoms with Gasteiger partial charge in [-0.2, -0.15) is 0 Å². The van der Waals surface area contributed by atoms with Crippen LogP contribution in [-0.2, 0) is 20.7 Å². The predicted octanol–water partition coefficient (Wildman–Crippen LogP) is 5.81. The highest BCUT2D eigenvalue weighted by molar-refractivity contribution is 5.66. The number of benzene rings is 1. The maximum atomic E-state index is 10.5. The second-order valence-electron chi connectivity index (χ2n) is 9.21. The van der Waals surface area contributed by atoms with Crippen molar-refractivity contribution in [2.45, 2.75) is 82.8 Å². The fourth-order valence-electron chi connectivity index (χ4n) is 5.17. The molecule has 0 radical (unpaired) electrons. The highest BCUT2D eigenvalue weighted by Gasteiger charge is 2.48. The van der Waals surface area contributed by atoms with Crippen molar-refractivity contribution in [1.29, 1.82) is 0 Å². The van der Waals surface area contributed by atoms with E-state index in [2.05, 4.69) is 24.8 Å². The van der Waals surface area contributed by atoms with E-state index in [0.29, 0.717) is 30.7 Å². The molecule has 2 fully saturated rings. The molecule has 0 unspecified atom stereocenters. The first-order chi connectivity index (χ1) is 15.7. The first-order valence-electron chi connectivity index (χ1n) is 12.4. The minimum Gasteiger partial charge on any atom is -0.494 e. The number of carboxylic acid groups (broad SMARTS) is 1. The molecule has 178 valence electrons. The van der Waals surface area contributed by atoms with E-state index < -0.39 is 5.97 Å². The molecule has 0 aromatic heterocycles. The van der Waals surface area contributed by atoms with Crippen LogP contribution in [0.2, 0.25) is 0 Å². The summed E-state index contributed by atoms with van der Waals surface area (Å²) < 4.78 is 18.1. The molecule has 5 nitrogen and oxygen atoms in total. The number of rotatable bonds is 17. The van der Waals surface area contributed by atoms with Crippen molar-refractivity contribution in [3.05, 3.63) is 42.5 Å². The van der Waals surface area contributed by atoms with E-state index >= 15 is 0 Å². The molecule has 2 bridgehead atoms. The summed E-state index contributed by atoms with van der Waals surface area (Å²) in [6, 6.07) is 8.53. The van der Waals surface area contributed by atoms with Crippen LogP contribution < -0.4 is 4.74 Å². The Hall–Kier alpha value is -1.85. The second kappa shape index (κ2) is 13.6. The highest BCUT2D eigenvalue weighted by atomic mass is 16.5. The molecule has 0 aliphatic carbocycles. The van der Waals surface area contributed by atoms with Crippen LogP contribution in [0.4, 0.5) is 0 Å². The standard InChI is InChI=1S/C27H40O5/c1-2-3-16-30-18-15-23-24(26-14-13-25(23)32-26)20-21-10-9-11-22(19-21)31-17-8-6-4-5-7-12-27(28)29/h2,9-11,19,23-26H,1,3-8,12-18,20H2,(H,28,29)/t23-,24+,25-,26+/m0/s1. The maximum Gasteiger partial charge on any atom is 0.303 e. The Labute approximate surface area is 193 Å². The minimum absolute atomic E-state index is 0.278. The van der Waals surface area contributed by atoms with Gasteiger partial charge in [-0.1, -0.05) is 37.5 Å². The number of unbranched alkanes of at least 4 members (excludes halogenated alkanes) is 4. The summed E-state index contributed by atoms with van der Waals surface area (Å²) in [5.41, 5.74) is 1.33. The molecule has 1 aromatic carbocycles. The molecule has 32 heavy (non-hydrogen) atoms. The Morgan fingerprint density at radius 3 is 2.66 bits per heavy atom. The van der Waals surface area contributed by atoms with E-state index in [1.165, 1.54) is 18.4 Å². The van der Waals surface area contributed by atoms with Gasteiger partial charge in [0.15, 0.2) is 0 Å². The molecule has 5 heteroatoms. The topological polar surface area (TPSA) is 65.0 Å². The third-order valence-corrected chi connectivity index (χ3v) is 6.83. The van der Waals surface area contributed by atoms with Crippen molar-refractivity contribution in [3.8, 4) is 5.75 Å². The van der Waals surface area contributed by atoms with Crippen LogP contribution in [0.15, 0.2) is 36.9 Å². The van der Waals surface area contributed by atoms with Crippen molar-refractivity contribution >= 4 is 5.97 Å². The van der Waals surface area contributed by atoms with Crippen molar-refractivity contribution in [2.24, 2.45) is 11.8 Å².